The fourth-order valence-corrected chi connectivity index (χ4v) is 10.5. The molecule has 3 atom stereocenters. The Morgan fingerprint density at radius 1 is 0.442 bits per heavy atom. The molecular formula is C68H130N2O6P+. The number of rotatable bonds is 61. The van der Waals surface area contributed by atoms with Crippen molar-refractivity contribution in [3.05, 3.63) is 60.8 Å². The van der Waals surface area contributed by atoms with Crippen LogP contribution in [0.15, 0.2) is 60.8 Å². The van der Waals surface area contributed by atoms with E-state index >= 15 is 0 Å². The van der Waals surface area contributed by atoms with Crippen LogP contribution in [-0.4, -0.2) is 73.4 Å². The van der Waals surface area contributed by atoms with Gasteiger partial charge in [-0.25, -0.2) is 4.57 Å². The van der Waals surface area contributed by atoms with Crippen LogP contribution in [0.1, 0.15) is 316 Å². The number of amides is 1. The van der Waals surface area contributed by atoms with Crippen molar-refractivity contribution in [2.24, 2.45) is 0 Å². The predicted octanol–water partition coefficient (Wildman–Crippen LogP) is 20.8. The number of nitrogens with one attached hydrogen (secondary N) is 1. The number of hydrogen-bond acceptors (Lipinski definition) is 5. The highest BCUT2D eigenvalue weighted by Gasteiger charge is 2.28. The lowest BCUT2D eigenvalue weighted by molar-refractivity contribution is -0.870. The Hall–Kier alpha value is -1.80. The number of hydrogen-bond donors (Lipinski definition) is 3. The number of allylic oxidation sites excluding steroid dienone is 9. The second-order valence-electron chi connectivity index (χ2n) is 23.8. The first-order valence-electron chi connectivity index (χ1n) is 33.2. The molecule has 0 bridgehead atoms. The summed E-state index contributed by atoms with van der Waals surface area (Å²) < 4.78 is 23.8. The van der Waals surface area contributed by atoms with Gasteiger partial charge >= 0.3 is 7.82 Å². The van der Waals surface area contributed by atoms with Crippen LogP contribution in [-0.2, 0) is 18.4 Å². The zero-order chi connectivity index (χ0) is 56.3. The Balaban J connectivity index is 4.10. The first-order valence-corrected chi connectivity index (χ1v) is 34.7. The van der Waals surface area contributed by atoms with Gasteiger partial charge in [-0.2, -0.15) is 0 Å². The summed E-state index contributed by atoms with van der Waals surface area (Å²) in [6.45, 7) is 4.81. The molecule has 0 heterocycles. The molecule has 0 aliphatic rings. The van der Waals surface area contributed by atoms with Crippen molar-refractivity contribution in [3.8, 4) is 0 Å². The molecule has 9 heteroatoms. The Bertz CT molecular complexity index is 1440. The Kier molecular flexibility index (Phi) is 57.5. The van der Waals surface area contributed by atoms with E-state index in [-0.39, 0.29) is 19.1 Å². The summed E-state index contributed by atoms with van der Waals surface area (Å²) in [6.07, 6.45) is 80.8. The molecule has 0 aromatic carbocycles. The van der Waals surface area contributed by atoms with E-state index in [1.165, 1.54) is 244 Å². The third kappa shape index (κ3) is 61.7. The smallest absolute Gasteiger partial charge is 0.387 e. The molecule has 8 nitrogen and oxygen atoms in total. The van der Waals surface area contributed by atoms with Crippen molar-refractivity contribution >= 4 is 13.7 Å². The molecule has 77 heavy (non-hydrogen) atoms. The van der Waals surface area contributed by atoms with E-state index in [4.69, 9.17) is 9.05 Å². The molecule has 0 aromatic rings. The monoisotopic (exact) mass is 1100 g/mol. The first-order chi connectivity index (χ1) is 37.5. The molecule has 3 N–H and O–H groups in total. The van der Waals surface area contributed by atoms with E-state index < -0.39 is 20.0 Å². The van der Waals surface area contributed by atoms with E-state index in [2.05, 4.69) is 67.8 Å². The van der Waals surface area contributed by atoms with Crippen LogP contribution in [0.2, 0.25) is 0 Å². The molecule has 0 spiro atoms. The third-order valence-corrected chi connectivity index (χ3v) is 15.9. The van der Waals surface area contributed by atoms with Crippen LogP contribution in [0.25, 0.3) is 0 Å². The maximum absolute atomic E-state index is 13.0. The number of aliphatic hydroxyl groups excluding tert-OH is 1. The van der Waals surface area contributed by atoms with Gasteiger partial charge in [-0.1, -0.05) is 293 Å². The highest BCUT2D eigenvalue weighted by atomic mass is 31.2. The third-order valence-electron chi connectivity index (χ3n) is 14.9. The summed E-state index contributed by atoms with van der Waals surface area (Å²) in [5.41, 5.74) is 0. The molecule has 0 fully saturated rings. The van der Waals surface area contributed by atoms with Crippen molar-refractivity contribution in [2.45, 2.75) is 328 Å². The SMILES string of the molecule is CCCCCCC/C=C\C/C=C\CCCCCCCCCCCCCCCCCCCCCCCC(=O)NC(COP(=O)(O)OCC[N+](C)(C)C)C(O)/C=C/CC/C=C/CC/C=C/CCCCCCCCCCCCCC. The summed E-state index contributed by atoms with van der Waals surface area (Å²) in [4.78, 5) is 23.4. The summed E-state index contributed by atoms with van der Waals surface area (Å²) in [6, 6.07) is -0.871. The normalized spacial score (nSPS) is 14.1. The van der Waals surface area contributed by atoms with E-state index in [0.717, 1.165) is 51.4 Å². The summed E-state index contributed by atoms with van der Waals surface area (Å²) in [5.74, 6) is -0.186. The van der Waals surface area contributed by atoms with E-state index in [1.54, 1.807) is 6.08 Å². The number of nitrogens with zero attached hydrogens (tertiary/aromatic N) is 1. The summed E-state index contributed by atoms with van der Waals surface area (Å²) in [5, 5.41) is 14.0. The van der Waals surface area contributed by atoms with Crippen molar-refractivity contribution in [2.75, 3.05) is 40.9 Å². The van der Waals surface area contributed by atoms with Crippen molar-refractivity contribution in [3.63, 3.8) is 0 Å². The zero-order valence-electron chi connectivity index (χ0n) is 51.7. The van der Waals surface area contributed by atoms with Crippen LogP contribution in [0.4, 0.5) is 0 Å². The van der Waals surface area contributed by atoms with Crippen molar-refractivity contribution in [1.29, 1.82) is 0 Å². The molecule has 0 aromatic heterocycles. The zero-order valence-corrected chi connectivity index (χ0v) is 52.6. The Morgan fingerprint density at radius 3 is 1.12 bits per heavy atom. The van der Waals surface area contributed by atoms with Gasteiger partial charge in [-0.15, -0.1) is 0 Å². The topological polar surface area (TPSA) is 105 Å². The lowest BCUT2D eigenvalue weighted by Gasteiger charge is -2.25. The molecule has 3 unspecified atom stereocenters. The average Bonchev–Trinajstić information content (AvgIpc) is 3.39. The maximum Gasteiger partial charge on any atom is 0.472 e. The molecule has 0 aliphatic carbocycles. The van der Waals surface area contributed by atoms with Gasteiger partial charge < -0.3 is 19.8 Å². The van der Waals surface area contributed by atoms with Gasteiger partial charge in [0.1, 0.15) is 13.2 Å². The second-order valence-corrected chi connectivity index (χ2v) is 25.3. The molecule has 0 aliphatic heterocycles. The van der Waals surface area contributed by atoms with Gasteiger partial charge in [-0.3, -0.25) is 13.8 Å². The second kappa shape index (κ2) is 58.8. The van der Waals surface area contributed by atoms with Gasteiger partial charge in [0.15, 0.2) is 0 Å². The highest BCUT2D eigenvalue weighted by molar-refractivity contribution is 7.47. The summed E-state index contributed by atoms with van der Waals surface area (Å²) >= 11 is 0. The number of aliphatic hydroxyl groups is 1. The van der Waals surface area contributed by atoms with Crippen LogP contribution >= 0.6 is 7.82 Å². The van der Waals surface area contributed by atoms with Crippen LogP contribution < -0.4 is 5.32 Å². The number of phosphoric ester groups is 1. The van der Waals surface area contributed by atoms with Crippen LogP contribution in [0, 0.1) is 0 Å². The molecule has 0 saturated heterocycles. The lowest BCUT2D eigenvalue weighted by Crippen LogP contribution is -2.45. The minimum atomic E-state index is -4.36. The highest BCUT2D eigenvalue weighted by Crippen LogP contribution is 2.43. The fraction of sp³-hybridized carbons (Fsp3) is 0.838. The van der Waals surface area contributed by atoms with Gasteiger partial charge in [0.2, 0.25) is 5.91 Å². The quantitative estimate of drug-likeness (QED) is 0.0243. The Morgan fingerprint density at radius 2 is 0.753 bits per heavy atom. The molecule has 452 valence electrons. The number of likely N-dealkylation sites (N-methyl/N-ethyl adjacent to an activating group) is 1. The van der Waals surface area contributed by atoms with Crippen molar-refractivity contribution in [1.82, 2.24) is 5.32 Å². The number of unbranched alkanes of at least 4 members (excludes halogenated alkanes) is 40. The van der Waals surface area contributed by atoms with Gasteiger partial charge in [0, 0.05) is 6.42 Å². The number of quaternary nitrogens is 1. The minimum absolute atomic E-state index is 0.0536. The largest absolute Gasteiger partial charge is 0.472 e. The van der Waals surface area contributed by atoms with E-state index in [1.807, 2.05) is 27.2 Å². The number of carbonyl (C=O) groups is 1. The van der Waals surface area contributed by atoms with Crippen molar-refractivity contribution < 1.29 is 32.9 Å². The van der Waals surface area contributed by atoms with Crippen LogP contribution in [0.3, 0.4) is 0 Å². The summed E-state index contributed by atoms with van der Waals surface area (Å²) in [7, 11) is 1.55. The number of carbonyl (C=O) groups excluding carboxylic acids is 1. The maximum atomic E-state index is 13.0. The minimum Gasteiger partial charge on any atom is -0.387 e. The standard InChI is InChI=1S/C68H129N2O6P/c1-6-8-10-12-14-16-18-20-22-24-26-28-30-31-32-33-34-35-36-37-38-39-40-42-44-46-48-50-52-54-56-58-60-62-68(72)69-66(65-76-77(73,74)75-64-63-70(3,4)5)67(71)61-59-57-55-53-51-49-47-45-43-41-29-27-25-23-21-19-17-15-13-11-9-7-2/h18,20,24,26,43,45,51,53,59,61,66-67,71H,6-17,19,21-23,25,27-42,44,46-50,52,54-58,60,62-65H2,1-5H3,(H-,69,72,73,74)/p+1/b20-18-,26-24-,45-43+,53-51+,61-59+. The fourth-order valence-electron chi connectivity index (χ4n) is 9.75. The first kappa shape index (κ1) is 75.2. The average molecular weight is 1100 g/mol. The lowest BCUT2D eigenvalue weighted by atomic mass is 10.0. The molecule has 0 rings (SSSR count). The predicted molar refractivity (Wildman–Crippen MR) is 337 cm³/mol. The molecule has 0 radical (unpaired) electrons. The molecular weight excluding hydrogens is 972 g/mol. The Labute approximate surface area is 479 Å². The van der Waals surface area contributed by atoms with E-state index in [0.29, 0.717) is 17.4 Å². The molecule has 0 saturated carbocycles. The van der Waals surface area contributed by atoms with Gasteiger partial charge in [-0.05, 0) is 77.0 Å². The van der Waals surface area contributed by atoms with Gasteiger partial charge in [0.25, 0.3) is 0 Å². The van der Waals surface area contributed by atoms with Gasteiger partial charge in [0.05, 0.1) is 39.9 Å². The number of phosphoric acid groups is 1. The van der Waals surface area contributed by atoms with Crippen LogP contribution in [0.5, 0.6) is 0 Å². The molecule has 1 amide bonds. The van der Waals surface area contributed by atoms with E-state index in [9.17, 15) is 19.4 Å².